The molecule has 0 bridgehead atoms. The Morgan fingerprint density at radius 1 is 0.433 bits per heavy atom. The second kappa shape index (κ2) is 53.8. The minimum absolute atomic E-state index is 0.0546. The van der Waals surface area contributed by atoms with Crippen LogP contribution in [0.2, 0.25) is 0 Å². The summed E-state index contributed by atoms with van der Waals surface area (Å²) in [5, 5.41) is 0. The number of carbonyl (C=O) groups is 2. The lowest BCUT2D eigenvalue weighted by molar-refractivity contribution is -0.161. The van der Waals surface area contributed by atoms with Crippen LogP contribution >= 0.6 is 7.82 Å². The minimum atomic E-state index is -4.38. The lowest BCUT2D eigenvalue weighted by Gasteiger charge is -2.19. The first-order valence-electron chi connectivity index (χ1n) is 28.8. The molecule has 0 spiro atoms. The summed E-state index contributed by atoms with van der Waals surface area (Å²) in [4.78, 5) is 35.1. The van der Waals surface area contributed by atoms with Crippen molar-refractivity contribution >= 4 is 19.8 Å². The fourth-order valence-corrected chi connectivity index (χ4v) is 9.28. The molecule has 0 aromatic heterocycles. The van der Waals surface area contributed by atoms with Gasteiger partial charge in [0.25, 0.3) is 0 Å². The Labute approximate surface area is 414 Å². The van der Waals surface area contributed by atoms with Gasteiger partial charge in [0.2, 0.25) is 0 Å². The molecule has 396 valence electrons. The first-order chi connectivity index (χ1) is 32.8. The zero-order valence-corrected chi connectivity index (χ0v) is 45.1. The van der Waals surface area contributed by atoms with E-state index in [9.17, 15) is 19.0 Å². The molecule has 67 heavy (non-hydrogen) atoms. The first-order valence-corrected chi connectivity index (χ1v) is 30.3. The Balaban J connectivity index is 3.86. The van der Waals surface area contributed by atoms with E-state index in [1.807, 2.05) is 0 Å². The van der Waals surface area contributed by atoms with E-state index in [0.717, 1.165) is 51.4 Å². The Hall–Kier alpha value is -1.51. The van der Waals surface area contributed by atoms with Gasteiger partial charge in [-0.05, 0) is 64.2 Å². The van der Waals surface area contributed by atoms with Crippen LogP contribution in [0.25, 0.3) is 0 Å². The summed E-state index contributed by atoms with van der Waals surface area (Å²) in [6.45, 7) is 3.77. The van der Waals surface area contributed by atoms with Gasteiger partial charge in [-0.25, -0.2) is 4.57 Å². The zero-order chi connectivity index (χ0) is 48.8. The highest BCUT2D eigenvalue weighted by molar-refractivity contribution is 7.47. The third-order valence-corrected chi connectivity index (χ3v) is 13.8. The molecular weight excluding hydrogens is 858 g/mol. The normalized spacial score (nSPS) is 13.2. The largest absolute Gasteiger partial charge is 0.472 e. The number of carbonyl (C=O) groups excluding carboxylic acids is 2. The summed E-state index contributed by atoms with van der Waals surface area (Å²) in [5.41, 5.74) is 5.37. The first kappa shape index (κ1) is 65.5. The molecule has 0 radical (unpaired) electrons. The molecule has 0 saturated heterocycles. The van der Waals surface area contributed by atoms with Gasteiger partial charge in [-0.1, -0.05) is 244 Å². The van der Waals surface area contributed by atoms with Crippen LogP contribution in [0.5, 0.6) is 0 Å². The fraction of sp³-hybridized carbons (Fsp3) is 0.895. The number of nitrogens with two attached hydrogens (primary N) is 1. The smallest absolute Gasteiger partial charge is 0.462 e. The van der Waals surface area contributed by atoms with Gasteiger partial charge in [0.1, 0.15) is 6.61 Å². The molecule has 0 heterocycles. The summed E-state index contributed by atoms with van der Waals surface area (Å²) in [6, 6.07) is 0. The highest BCUT2D eigenvalue weighted by Gasteiger charge is 2.26. The predicted octanol–water partition coefficient (Wildman–Crippen LogP) is 17.9. The van der Waals surface area contributed by atoms with Crippen molar-refractivity contribution in [1.29, 1.82) is 0 Å². The van der Waals surface area contributed by atoms with Gasteiger partial charge in [0.05, 0.1) is 13.2 Å². The molecule has 0 aromatic rings. The molecule has 0 aromatic carbocycles. The summed E-state index contributed by atoms with van der Waals surface area (Å²) in [5.74, 6) is -0.823. The maximum absolute atomic E-state index is 12.7. The number of ether oxygens (including phenoxy) is 2. The van der Waals surface area contributed by atoms with Gasteiger partial charge in [-0.3, -0.25) is 18.6 Å². The van der Waals surface area contributed by atoms with Crippen molar-refractivity contribution in [2.45, 2.75) is 302 Å². The second-order valence-corrected chi connectivity index (χ2v) is 21.0. The Kier molecular flexibility index (Phi) is 52.6. The lowest BCUT2D eigenvalue weighted by Crippen LogP contribution is -2.29. The van der Waals surface area contributed by atoms with Crippen LogP contribution in [0.1, 0.15) is 296 Å². The van der Waals surface area contributed by atoms with E-state index in [1.54, 1.807) is 0 Å². The molecule has 0 aliphatic heterocycles. The van der Waals surface area contributed by atoms with Gasteiger partial charge in [-0.15, -0.1) is 0 Å². The molecule has 0 rings (SSSR count). The summed E-state index contributed by atoms with van der Waals surface area (Å²) < 4.78 is 33.0. The molecule has 0 saturated carbocycles. The predicted molar refractivity (Wildman–Crippen MR) is 284 cm³/mol. The number of rotatable bonds is 55. The minimum Gasteiger partial charge on any atom is -0.462 e. The Morgan fingerprint density at radius 2 is 0.731 bits per heavy atom. The van der Waals surface area contributed by atoms with E-state index < -0.39 is 26.5 Å². The Bertz CT molecular complexity index is 1150. The molecular formula is C57H110NO8P. The maximum Gasteiger partial charge on any atom is 0.472 e. The number of hydrogen-bond donors (Lipinski definition) is 2. The van der Waals surface area contributed by atoms with Crippen LogP contribution in [0.15, 0.2) is 24.3 Å². The van der Waals surface area contributed by atoms with Gasteiger partial charge < -0.3 is 20.1 Å². The van der Waals surface area contributed by atoms with Crippen LogP contribution in [0, 0.1) is 0 Å². The number of allylic oxidation sites excluding steroid dienone is 4. The summed E-state index contributed by atoms with van der Waals surface area (Å²) >= 11 is 0. The standard InChI is InChI=1S/C57H110NO8P/c1-3-5-7-9-11-13-15-17-19-20-21-22-23-24-25-26-27-28-29-30-31-32-33-34-36-38-40-42-44-46-48-50-57(60)66-55(54-65-67(61,62)64-52-51-58)53-63-56(59)49-47-45-43-41-39-37-35-18-16-14-12-10-8-6-4-2/h18,20-21,35,55H,3-17,19,22-34,36-54,58H2,1-2H3,(H,61,62)/b21-20-,35-18-. The third-order valence-electron chi connectivity index (χ3n) is 12.8. The topological polar surface area (TPSA) is 134 Å². The van der Waals surface area contributed by atoms with Gasteiger partial charge in [-0.2, -0.15) is 0 Å². The zero-order valence-electron chi connectivity index (χ0n) is 44.2. The number of hydrogen-bond acceptors (Lipinski definition) is 8. The summed E-state index contributed by atoms with van der Waals surface area (Å²) in [6.07, 6.45) is 62.5. The van der Waals surface area contributed by atoms with Gasteiger partial charge in [0.15, 0.2) is 6.10 Å². The van der Waals surface area contributed by atoms with Crippen LogP contribution in [0.4, 0.5) is 0 Å². The van der Waals surface area contributed by atoms with Crippen molar-refractivity contribution < 1.29 is 37.6 Å². The van der Waals surface area contributed by atoms with E-state index in [-0.39, 0.29) is 38.6 Å². The fourth-order valence-electron chi connectivity index (χ4n) is 8.51. The van der Waals surface area contributed by atoms with Gasteiger partial charge in [0, 0.05) is 19.4 Å². The molecule has 2 unspecified atom stereocenters. The molecule has 2 atom stereocenters. The van der Waals surface area contributed by atoms with Crippen molar-refractivity contribution in [3.63, 3.8) is 0 Å². The van der Waals surface area contributed by atoms with Crippen molar-refractivity contribution in [2.75, 3.05) is 26.4 Å². The van der Waals surface area contributed by atoms with E-state index >= 15 is 0 Å². The maximum atomic E-state index is 12.7. The van der Waals surface area contributed by atoms with E-state index in [2.05, 4.69) is 38.2 Å². The molecule has 0 fully saturated rings. The average molecular weight is 968 g/mol. The van der Waals surface area contributed by atoms with Crippen molar-refractivity contribution in [3.8, 4) is 0 Å². The quantitative estimate of drug-likeness (QED) is 0.0264. The van der Waals surface area contributed by atoms with E-state index in [0.29, 0.717) is 6.42 Å². The second-order valence-electron chi connectivity index (χ2n) is 19.5. The number of phosphoric acid groups is 1. The summed E-state index contributed by atoms with van der Waals surface area (Å²) in [7, 11) is -4.38. The van der Waals surface area contributed by atoms with Crippen molar-refractivity contribution in [1.82, 2.24) is 0 Å². The number of unbranched alkanes of at least 4 members (excludes halogenated alkanes) is 38. The molecule has 10 heteroatoms. The van der Waals surface area contributed by atoms with Crippen molar-refractivity contribution in [3.05, 3.63) is 24.3 Å². The van der Waals surface area contributed by atoms with Crippen LogP contribution in [-0.2, 0) is 32.7 Å². The van der Waals surface area contributed by atoms with E-state index in [4.69, 9.17) is 24.3 Å². The molecule has 0 amide bonds. The Morgan fingerprint density at radius 3 is 1.06 bits per heavy atom. The number of esters is 2. The highest BCUT2D eigenvalue weighted by Crippen LogP contribution is 2.43. The third kappa shape index (κ3) is 53.7. The highest BCUT2D eigenvalue weighted by atomic mass is 31.2. The SMILES string of the molecule is CCCCCCCC/C=C\CCCCCCCC(=O)OCC(COP(=O)(O)OCCN)OC(=O)CCCCCCCCCCCCCCCCCCCCC/C=C\CCCCCCCCCC. The molecule has 0 aliphatic carbocycles. The monoisotopic (exact) mass is 968 g/mol. The van der Waals surface area contributed by atoms with Crippen LogP contribution in [0.3, 0.4) is 0 Å². The molecule has 3 N–H and O–H groups in total. The number of phosphoric ester groups is 1. The average Bonchev–Trinajstić information content (AvgIpc) is 3.32. The van der Waals surface area contributed by atoms with Crippen molar-refractivity contribution in [2.24, 2.45) is 5.73 Å². The molecule has 9 nitrogen and oxygen atoms in total. The van der Waals surface area contributed by atoms with E-state index in [1.165, 1.54) is 212 Å². The lowest BCUT2D eigenvalue weighted by atomic mass is 10.0. The van der Waals surface area contributed by atoms with Gasteiger partial charge >= 0.3 is 19.8 Å². The van der Waals surface area contributed by atoms with Crippen LogP contribution < -0.4 is 5.73 Å². The molecule has 0 aliphatic rings. The van der Waals surface area contributed by atoms with Crippen LogP contribution in [-0.4, -0.2) is 49.3 Å².